The summed E-state index contributed by atoms with van der Waals surface area (Å²) < 4.78 is 0. The molecule has 2 N–H and O–H groups in total. The fraction of sp³-hybridized carbons (Fsp3) is 0.235. The Morgan fingerprint density at radius 1 is 1.14 bits per heavy atom. The molecule has 1 unspecified atom stereocenters. The zero-order valence-corrected chi connectivity index (χ0v) is 13.0. The number of nitrogens with two attached hydrogens (primary N) is 1. The summed E-state index contributed by atoms with van der Waals surface area (Å²) in [5.74, 6) is 0.628. The summed E-state index contributed by atoms with van der Waals surface area (Å²) in [7, 11) is 0. The summed E-state index contributed by atoms with van der Waals surface area (Å²) in [6.45, 7) is 4.14. The second-order valence-corrected chi connectivity index (χ2v) is 6.39. The van der Waals surface area contributed by atoms with Gasteiger partial charge in [-0.1, -0.05) is 24.3 Å². The Kier molecular flexibility index (Phi) is 3.64. The maximum absolute atomic E-state index is 12.3. The third kappa shape index (κ3) is 2.51. The topological polar surface area (TPSA) is 46.3 Å². The van der Waals surface area contributed by atoms with Gasteiger partial charge in [0.2, 0.25) is 5.91 Å². The third-order valence-corrected chi connectivity index (χ3v) is 5.09. The van der Waals surface area contributed by atoms with Gasteiger partial charge in [0.1, 0.15) is 5.37 Å². The number of anilines is 2. The molecule has 2 aromatic rings. The SMILES string of the molecule is Cc1ccc(N2C(=O)CSC2c2ccccc2N)cc1C. The molecule has 3 rings (SSSR count). The molecular formula is C17H18N2OS. The normalized spacial score (nSPS) is 18.3. The first kappa shape index (κ1) is 14.0. The number of hydrogen-bond acceptors (Lipinski definition) is 3. The van der Waals surface area contributed by atoms with Gasteiger partial charge in [-0.15, -0.1) is 11.8 Å². The van der Waals surface area contributed by atoms with E-state index in [9.17, 15) is 4.79 Å². The molecule has 0 aromatic heterocycles. The quantitative estimate of drug-likeness (QED) is 0.861. The fourth-order valence-corrected chi connectivity index (χ4v) is 3.77. The van der Waals surface area contributed by atoms with E-state index in [2.05, 4.69) is 26.0 Å². The average molecular weight is 298 g/mol. The van der Waals surface area contributed by atoms with E-state index >= 15 is 0 Å². The van der Waals surface area contributed by atoms with Crippen LogP contribution in [-0.4, -0.2) is 11.7 Å². The number of carbonyl (C=O) groups is 1. The van der Waals surface area contributed by atoms with Crippen molar-refractivity contribution >= 4 is 29.0 Å². The molecule has 0 aliphatic carbocycles. The predicted octanol–water partition coefficient (Wildman–Crippen LogP) is 3.66. The number of carbonyl (C=O) groups excluding carboxylic acids is 1. The number of rotatable bonds is 2. The molecule has 1 fully saturated rings. The lowest BCUT2D eigenvalue weighted by Gasteiger charge is -2.26. The van der Waals surface area contributed by atoms with Crippen molar-refractivity contribution in [2.75, 3.05) is 16.4 Å². The molecule has 0 radical (unpaired) electrons. The molecule has 1 saturated heterocycles. The van der Waals surface area contributed by atoms with Crippen molar-refractivity contribution in [3.63, 3.8) is 0 Å². The van der Waals surface area contributed by atoms with Gasteiger partial charge < -0.3 is 5.73 Å². The van der Waals surface area contributed by atoms with E-state index in [4.69, 9.17) is 5.73 Å². The minimum atomic E-state index is -0.0409. The van der Waals surface area contributed by atoms with Gasteiger partial charge in [-0.05, 0) is 43.2 Å². The highest BCUT2D eigenvalue weighted by atomic mass is 32.2. The van der Waals surface area contributed by atoms with Crippen molar-refractivity contribution in [3.05, 3.63) is 59.2 Å². The first-order valence-electron chi connectivity index (χ1n) is 6.93. The maximum Gasteiger partial charge on any atom is 0.238 e. The van der Waals surface area contributed by atoms with Crippen LogP contribution in [0.3, 0.4) is 0 Å². The Morgan fingerprint density at radius 2 is 1.90 bits per heavy atom. The van der Waals surface area contributed by atoms with Crippen LogP contribution in [0, 0.1) is 13.8 Å². The molecule has 0 bridgehead atoms. The lowest BCUT2D eigenvalue weighted by atomic mass is 10.1. The summed E-state index contributed by atoms with van der Waals surface area (Å²) in [6, 6.07) is 13.9. The van der Waals surface area contributed by atoms with Gasteiger partial charge in [0, 0.05) is 16.9 Å². The van der Waals surface area contributed by atoms with Crippen molar-refractivity contribution in [2.24, 2.45) is 0 Å². The summed E-state index contributed by atoms with van der Waals surface area (Å²) in [6.07, 6.45) is 0. The molecule has 1 atom stereocenters. The van der Waals surface area contributed by atoms with E-state index in [0.717, 1.165) is 16.9 Å². The van der Waals surface area contributed by atoms with Crippen LogP contribution in [0.15, 0.2) is 42.5 Å². The van der Waals surface area contributed by atoms with Gasteiger partial charge in [-0.25, -0.2) is 0 Å². The summed E-state index contributed by atoms with van der Waals surface area (Å²) in [5.41, 5.74) is 11.2. The van der Waals surface area contributed by atoms with Crippen LogP contribution in [0.4, 0.5) is 11.4 Å². The van der Waals surface area contributed by atoms with E-state index in [1.807, 2.05) is 35.2 Å². The summed E-state index contributed by atoms with van der Waals surface area (Å²) >= 11 is 1.63. The number of hydrogen-bond donors (Lipinski definition) is 1. The number of benzene rings is 2. The molecule has 2 aromatic carbocycles. The van der Waals surface area contributed by atoms with Crippen molar-refractivity contribution < 1.29 is 4.79 Å². The van der Waals surface area contributed by atoms with Gasteiger partial charge >= 0.3 is 0 Å². The number of nitrogens with zero attached hydrogens (tertiary/aromatic N) is 1. The third-order valence-electron chi connectivity index (χ3n) is 3.90. The van der Waals surface area contributed by atoms with Gasteiger partial charge in [0.25, 0.3) is 0 Å². The fourth-order valence-electron chi connectivity index (χ4n) is 2.54. The van der Waals surface area contributed by atoms with Crippen LogP contribution in [-0.2, 0) is 4.79 Å². The average Bonchev–Trinajstić information content (AvgIpc) is 2.84. The van der Waals surface area contributed by atoms with Crippen molar-refractivity contribution in [2.45, 2.75) is 19.2 Å². The molecule has 21 heavy (non-hydrogen) atoms. The number of para-hydroxylation sites is 1. The lowest BCUT2D eigenvalue weighted by Crippen LogP contribution is -2.28. The van der Waals surface area contributed by atoms with Crippen LogP contribution in [0.25, 0.3) is 0 Å². The molecule has 1 heterocycles. The highest BCUT2D eigenvalue weighted by molar-refractivity contribution is 8.00. The van der Waals surface area contributed by atoms with Crippen molar-refractivity contribution in [3.8, 4) is 0 Å². The van der Waals surface area contributed by atoms with Gasteiger partial charge in [-0.3, -0.25) is 9.69 Å². The van der Waals surface area contributed by atoms with Crippen molar-refractivity contribution in [1.29, 1.82) is 0 Å². The van der Waals surface area contributed by atoms with Crippen LogP contribution < -0.4 is 10.6 Å². The van der Waals surface area contributed by atoms with Crippen LogP contribution in [0.2, 0.25) is 0 Å². The largest absolute Gasteiger partial charge is 0.398 e. The molecular weight excluding hydrogens is 280 g/mol. The standard InChI is InChI=1S/C17H18N2OS/c1-11-7-8-13(9-12(11)2)19-16(20)10-21-17(19)14-5-3-4-6-15(14)18/h3-9,17H,10,18H2,1-2H3. The highest BCUT2D eigenvalue weighted by Gasteiger charge is 2.34. The lowest BCUT2D eigenvalue weighted by molar-refractivity contribution is -0.115. The van der Waals surface area contributed by atoms with Gasteiger partial charge in [0.15, 0.2) is 0 Å². The van der Waals surface area contributed by atoms with E-state index in [-0.39, 0.29) is 11.3 Å². The Morgan fingerprint density at radius 3 is 2.62 bits per heavy atom. The molecule has 1 amide bonds. The van der Waals surface area contributed by atoms with Crippen molar-refractivity contribution in [1.82, 2.24) is 0 Å². The maximum atomic E-state index is 12.3. The second kappa shape index (κ2) is 5.45. The number of aryl methyl sites for hydroxylation is 2. The summed E-state index contributed by atoms with van der Waals surface area (Å²) in [4.78, 5) is 14.2. The smallest absolute Gasteiger partial charge is 0.238 e. The Balaban J connectivity index is 2.04. The molecule has 1 aliphatic heterocycles. The van der Waals surface area contributed by atoms with Gasteiger partial charge in [-0.2, -0.15) is 0 Å². The molecule has 0 spiro atoms. The Labute approximate surface area is 129 Å². The Hall–Kier alpha value is -1.94. The minimum Gasteiger partial charge on any atom is -0.398 e. The number of thioether (sulfide) groups is 1. The van der Waals surface area contributed by atoms with Crippen LogP contribution >= 0.6 is 11.8 Å². The number of amides is 1. The molecule has 1 aliphatic rings. The number of nitrogen functional groups attached to an aromatic ring is 1. The predicted molar refractivity (Wildman–Crippen MR) is 89.5 cm³/mol. The van der Waals surface area contributed by atoms with E-state index in [1.165, 1.54) is 11.1 Å². The second-order valence-electron chi connectivity index (χ2n) is 5.32. The van der Waals surface area contributed by atoms with Crippen LogP contribution in [0.1, 0.15) is 22.1 Å². The molecule has 0 saturated carbocycles. The molecule has 108 valence electrons. The zero-order chi connectivity index (χ0) is 15.0. The first-order chi connectivity index (χ1) is 10.1. The summed E-state index contributed by atoms with van der Waals surface area (Å²) in [5, 5.41) is -0.0409. The Bertz CT molecular complexity index is 699. The monoisotopic (exact) mass is 298 g/mol. The molecule has 4 heteroatoms. The van der Waals surface area contributed by atoms with E-state index in [1.54, 1.807) is 11.8 Å². The van der Waals surface area contributed by atoms with E-state index < -0.39 is 0 Å². The van der Waals surface area contributed by atoms with Gasteiger partial charge in [0.05, 0.1) is 5.75 Å². The van der Waals surface area contributed by atoms with Crippen LogP contribution in [0.5, 0.6) is 0 Å². The highest BCUT2D eigenvalue weighted by Crippen LogP contribution is 2.43. The molecule has 3 nitrogen and oxygen atoms in total. The first-order valence-corrected chi connectivity index (χ1v) is 7.98. The zero-order valence-electron chi connectivity index (χ0n) is 12.2. The van der Waals surface area contributed by atoms with E-state index in [0.29, 0.717) is 5.75 Å². The minimum absolute atomic E-state index is 0.0409.